The molecule has 4 nitrogen and oxygen atoms in total. The molecule has 5 heteroatoms. The first-order valence-corrected chi connectivity index (χ1v) is 6.63. The van der Waals surface area contributed by atoms with E-state index in [0.717, 1.165) is 4.47 Å². The van der Waals surface area contributed by atoms with Crippen molar-refractivity contribution in [2.75, 3.05) is 11.9 Å². The Labute approximate surface area is 121 Å². The van der Waals surface area contributed by atoms with Crippen LogP contribution in [0.3, 0.4) is 0 Å². The van der Waals surface area contributed by atoms with Crippen molar-refractivity contribution in [2.45, 2.75) is 13.8 Å². The minimum Gasteiger partial charge on any atom is -0.352 e. The number of hydrogen-bond donors (Lipinski definition) is 2. The van der Waals surface area contributed by atoms with Crippen LogP contribution in [0, 0.1) is 5.41 Å². The van der Waals surface area contributed by atoms with Gasteiger partial charge in [0, 0.05) is 16.7 Å². The number of carbonyl (C=O) groups excluding carboxylic acids is 2. The molecule has 0 saturated heterocycles. The fraction of sp³-hybridized carbons (Fsp3) is 0.286. The molecule has 1 aromatic rings. The van der Waals surface area contributed by atoms with Crippen LogP contribution < -0.4 is 10.6 Å². The Morgan fingerprint density at radius 3 is 2.63 bits per heavy atom. The zero-order chi connectivity index (χ0) is 14.5. The number of amides is 2. The first-order valence-electron chi connectivity index (χ1n) is 5.84. The third-order valence-corrected chi connectivity index (χ3v) is 3.12. The number of hydrogen-bond acceptors (Lipinski definition) is 2. The van der Waals surface area contributed by atoms with Gasteiger partial charge >= 0.3 is 0 Å². The first-order chi connectivity index (χ1) is 8.87. The summed E-state index contributed by atoms with van der Waals surface area (Å²) in [6.45, 7) is 7.02. The van der Waals surface area contributed by atoms with Gasteiger partial charge in [0.05, 0.1) is 0 Å². The first kappa shape index (κ1) is 15.4. The lowest BCUT2D eigenvalue weighted by atomic mass is 9.91. The predicted molar refractivity (Wildman–Crippen MR) is 79.8 cm³/mol. The highest BCUT2D eigenvalue weighted by Gasteiger charge is 2.35. The van der Waals surface area contributed by atoms with Crippen LogP contribution in [0.4, 0.5) is 5.69 Å². The average molecular weight is 325 g/mol. The molecule has 1 aromatic carbocycles. The molecule has 0 aliphatic heterocycles. The molecule has 2 N–H and O–H groups in total. The molecule has 0 aliphatic rings. The Kier molecular flexibility index (Phi) is 5.30. The third-order valence-electron chi connectivity index (χ3n) is 2.62. The van der Waals surface area contributed by atoms with E-state index in [1.54, 1.807) is 32.1 Å². The fourth-order valence-electron chi connectivity index (χ4n) is 1.34. The molecule has 0 aromatic heterocycles. The standard InChI is InChI=1S/C14H17BrN2O2/c1-4-8-16-12(18)14(2,3)13(19)17-11-7-5-6-10(15)9-11/h4-7,9H,1,8H2,2-3H3,(H,16,18)(H,17,19). The zero-order valence-electron chi connectivity index (χ0n) is 11.0. The summed E-state index contributed by atoms with van der Waals surface area (Å²) in [5, 5.41) is 5.35. The Balaban J connectivity index is 2.75. The van der Waals surface area contributed by atoms with Gasteiger partial charge in [-0.1, -0.05) is 28.1 Å². The van der Waals surface area contributed by atoms with Gasteiger partial charge in [0.2, 0.25) is 11.8 Å². The van der Waals surface area contributed by atoms with E-state index < -0.39 is 5.41 Å². The molecule has 0 fully saturated rings. The summed E-state index contributed by atoms with van der Waals surface area (Å²) in [7, 11) is 0. The second-order valence-corrected chi connectivity index (χ2v) is 5.50. The molecular weight excluding hydrogens is 308 g/mol. The smallest absolute Gasteiger partial charge is 0.239 e. The van der Waals surface area contributed by atoms with Crippen LogP contribution in [0.5, 0.6) is 0 Å². The fourth-order valence-corrected chi connectivity index (χ4v) is 1.74. The minimum atomic E-state index is -1.15. The Morgan fingerprint density at radius 2 is 2.05 bits per heavy atom. The summed E-state index contributed by atoms with van der Waals surface area (Å²) in [5.41, 5.74) is -0.505. The molecule has 102 valence electrons. The van der Waals surface area contributed by atoms with Gasteiger partial charge in [-0.3, -0.25) is 9.59 Å². The molecule has 1 rings (SSSR count). The Morgan fingerprint density at radius 1 is 1.37 bits per heavy atom. The van der Waals surface area contributed by atoms with Crippen LogP contribution in [0.15, 0.2) is 41.4 Å². The van der Waals surface area contributed by atoms with Crippen LogP contribution in [0.25, 0.3) is 0 Å². The number of halogens is 1. The van der Waals surface area contributed by atoms with Crippen molar-refractivity contribution >= 4 is 33.4 Å². The molecule has 0 saturated carbocycles. The summed E-state index contributed by atoms with van der Waals surface area (Å²) >= 11 is 3.32. The van der Waals surface area contributed by atoms with Crippen LogP contribution in [-0.4, -0.2) is 18.4 Å². The van der Waals surface area contributed by atoms with Crippen molar-refractivity contribution in [1.29, 1.82) is 0 Å². The van der Waals surface area contributed by atoms with Crippen molar-refractivity contribution in [1.82, 2.24) is 5.32 Å². The van der Waals surface area contributed by atoms with E-state index in [9.17, 15) is 9.59 Å². The van der Waals surface area contributed by atoms with Crippen LogP contribution in [-0.2, 0) is 9.59 Å². The maximum absolute atomic E-state index is 12.1. The van der Waals surface area contributed by atoms with E-state index in [2.05, 4.69) is 33.1 Å². The van der Waals surface area contributed by atoms with Crippen molar-refractivity contribution < 1.29 is 9.59 Å². The average Bonchev–Trinajstić information content (AvgIpc) is 2.35. The summed E-state index contributed by atoms with van der Waals surface area (Å²) in [5.74, 6) is -0.688. The third kappa shape index (κ3) is 4.21. The van der Waals surface area contributed by atoms with Gasteiger partial charge in [-0.25, -0.2) is 0 Å². The number of carbonyl (C=O) groups is 2. The Hall–Kier alpha value is -1.62. The maximum atomic E-state index is 12.1. The Bertz CT molecular complexity index is 498. The van der Waals surface area contributed by atoms with Crippen LogP contribution in [0.1, 0.15) is 13.8 Å². The highest BCUT2D eigenvalue weighted by Crippen LogP contribution is 2.21. The van der Waals surface area contributed by atoms with Gasteiger partial charge in [0.25, 0.3) is 0 Å². The number of anilines is 1. The number of benzene rings is 1. The van der Waals surface area contributed by atoms with Crippen LogP contribution in [0.2, 0.25) is 0 Å². The van der Waals surface area contributed by atoms with Gasteiger partial charge in [0.15, 0.2) is 0 Å². The second kappa shape index (κ2) is 6.52. The SMILES string of the molecule is C=CCNC(=O)C(C)(C)C(=O)Nc1cccc(Br)c1. The summed E-state index contributed by atoms with van der Waals surface area (Å²) in [6, 6.07) is 7.21. The van der Waals surface area contributed by atoms with E-state index in [-0.39, 0.29) is 11.8 Å². The maximum Gasteiger partial charge on any atom is 0.239 e. The molecule has 0 heterocycles. The molecule has 0 spiro atoms. The second-order valence-electron chi connectivity index (χ2n) is 4.59. The lowest BCUT2D eigenvalue weighted by Gasteiger charge is -2.22. The van der Waals surface area contributed by atoms with Gasteiger partial charge in [-0.05, 0) is 32.0 Å². The van der Waals surface area contributed by atoms with E-state index in [0.29, 0.717) is 12.2 Å². The van der Waals surface area contributed by atoms with Crippen LogP contribution >= 0.6 is 15.9 Å². The number of rotatable bonds is 5. The molecule has 19 heavy (non-hydrogen) atoms. The molecule has 0 aliphatic carbocycles. The van der Waals surface area contributed by atoms with E-state index in [1.165, 1.54) is 0 Å². The highest BCUT2D eigenvalue weighted by atomic mass is 79.9. The molecule has 0 unspecified atom stereocenters. The molecule has 0 atom stereocenters. The summed E-state index contributed by atoms with van der Waals surface area (Å²) in [6.07, 6.45) is 1.57. The predicted octanol–water partition coefficient (Wildman–Crippen LogP) is 2.72. The molecule has 0 bridgehead atoms. The molecule has 2 amide bonds. The largest absolute Gasteiger partial charge is 0.352 e. The molecular formula is C14H17BrN2O2. The number of nitrogens with one attached hydrogen (secondary N) is 2. The van der Waals surface area contributed by atoms with Crippen molar-refractivity contribution in [3.63, 3.8) is 0 Å². The molecule has 0 radical (unpaired) electrons. The minimum absolute atomic E-state index is 0.333. The van der Waals surface area contributed by atoms with Crippen molar-refractivity contribution in [2.24, 2.45) is 5.41 Å². The van der Waals surface area contributed by atoms with Gasteiger partial charge in [-0.2, -0.15) is 0 Å². The topological polar surface area (TPSA) is 58.2 Å². The summed E-state index contributed by atoms with van der Waals surface area (Å²) in [4.78, 5) is 24.0. The lowest BCUT2D eigenvalue weighted by Crippen LogP contribution is -2.45. The van der Waals surface area contributed by atoms with Crippen molar-refractivity contribution in [3.05, 3.63) is 41.4 Å². The highest BCUT2D eigenvalue weighted by molar-refractivity contribution is 9.10. The van der Waals surface area contributed by atoms with E-state index >= 15 is 0 Å². The lowest BCUT2D eigenvalue weighted by molar-refractivity contribution is -0.138. The van der Waals surface area contributed by atoms with E-state index in [1.807, 2.05) is 12.1 Å². The quantitative estimate of drug-likeness (QED) is 0.646. The van der Waals surface area contributed by atoms with Crippen molar-refractivity contribution in [3.8, 4) is 0 Å². The van der Waals surface area contributed by atoms with Gasteiger partial charge in [0.1, 0.15) is 5.41 Å². The zero-order valence-corrected chi connectivity index (χ0v) is 12.6. The normalized spacial score (nSPS) is 10.7. The van der Waals surface area contributed by atoms with E-state index in [4.69, 9.17) is 0 Å². The summed E-state index contributed by atoms with van der Waals surface area (Å²) < 4.78 is 0.860. The van der Waals surface area contributed by atoms with Gasteiger partial charge in [-0.15, -0.1) is 6.58 Å². The van der Waals surface area contributed by atoms with Gasteiger partial charge < -0.3 is 10.6 Å². The monoisotopic (exact) mass is 324 g/mol.